The molecule has 0 saturated carbocycles. The van der Waals surface area contributed by atoms with Gasteiger partial charge in [0.25, 0.3) is 0 Å². The fourth-order valence-corrected chi connectivity index (χ4v) is 2.61. The predicted octanol–water partition coefficient (Wildman–Crippen LogP) is 3.62. The summed E-state index contributed by atoms with van der Waals surface area (Å²) in [6.45, 7) is 0.640. The van der Waals surface area contributed by atoms with E-state index in [1.165, 1.54) is 12.3 Å². The van der Waals surface area contributed by atoms with E-state index in [0.717, 1.165) is 18.2 Å². The molecule has 0 saturated heterocycles. The lowest BCUT2D eigenvalue weighted by atomic mass is 10.1. The zero-order valence-electron chi connectivity index (χ0n) is 10.4. The lowest BCUT2D eigenvalue weighted by Gasteiger charge is -2.09. The van der Waals surface area contributed by atoms with Crippen LogP contribution in [0.3, 0.4) is 0 Å². The molecule has 0 spiro atoms. The van der Waals surface area contributed by atoms with Gasteiger partial charge in [0, 0.05) is 41.7 Å². The van der Waals surface area contributed by atoms with E-state index in [2.05, 4.69) is 15.3 Å². The van der Waals surface area contributed by atoms with Crippen LogP contribution in [0.1, 0.15) is 5.69 Å². The molecule has 0 fully saturated rings. The summed E-state index contributed by atoms with van der Waals surface area (Å²) >= 11 is 1.54. The van der Waals surface area contributed by atoms with E-state index in [1.807, 2.05) is 5.38 Å². The Morgan fingerprint density at radius 2 is 2.10 bits per heavy atom. The number of rotatable bonds is 4. The molecule has 0 unspecified atom stereocenters. The second-order valence-corrected chi connectivity index (χ2v) is 5.02. The highest BCUT2D eigenvalue weighted by Gasteiger charge is 2.08. The lowest BCUT2D eigenvalue weighted by molar-refractivity contribution is 0.590. The van der Waals surface area contributed by atoms with Gasteiger partial charge >= 0.3 is 0 Å². The molecule has 0 atom stereocenters. The summed E-state index contributed by atoms with van der Waals surface area (Å²) in [5, 5.41) is 5.60. The smallest absolute Gasteiger partial charge is 0.152 e. The average molecular weight is 291 g/mol. The number of pyridine rings is 1. The van der Waals surface area contributed by atoms with Crippen LogP contribution in [0.2, 0.25) is 0 Å². The number of halogens is 2. The van der Waals surface area contributed by atoms with Gasteiger partial charge in [0.2, 0.25) is 0 Å². The van der Waals surface area contributed by atoms with E-state index in [-0.39, 0.29) is 5.52 Å². The SMILES string of the molecule is Fc1cc(F)c2nccc(NCCc3cscn3)c2c1. The molecule has 0 aliphatic carbocycles. The van der Waals surface area contributed by atoms with Crippen molar-refractivity contribution in [1.29, 1.82) is 0 Å². The van der Waals surface area contributed by atoms with Crippen LogP contribution in [0, 0.1) is 11.6 Å². The Labute approximate surface area is 118 Å². The Kier molecular flexibility index (Phi) is 3.56. The third-order valence-electron chi connectivity index (χ3n) is 2.94. The fourth-order valence-electron chi connectivity index (χ4n) is 2.02. The van der Waals surface area contributed by atoms with Crippen molar-refractivity contribution in [1.82, 2.24) is 9.97 Å². The molecule has 0 aliphatic heterocycles. The maximum absolute atomic E-state index is 13.6. The minimum absolute atomic E-state index is 0.171. The van der Waals surface area contributed by atoms with Gasteiger partial charge in [-0.1, -0.05) is 0 Å². The molecule has 3 aromatic rings. The van der Waals surface area contributed by atoms with Crippen LogP contribution in [0.25, 0.3) is 10.9 Å². The minimum atomic E-state index is -0.650. The number of aromatic nitrogens is 2. The molecule has 0 radical (unpaired) electrons. The number of benzene rings is 1. The molecule has 0 amide bonds. The molecule has 3 nitrogen and oxygen atoms in total. The minimum Gasteiger partial charge on any atom is -0.384 e. The van der Waals surface area contributed by atoms with E-state index < -0.39 is 11.6 Å². The average Bonchev–Trinajstić information content (AvgIpc) is 2.92. The van der Waals surface area contributed by atoms with Crippen LogP contribution in [0.15, 0.2) is 35.3 Å². The molecular weight excluding hydrogens is 280 g/mol. The Morgan fingerprint density at radius 1 is 1.20 bits per heavy atom. The maximum atomic E-state index is 13.6. The Balaban J connectivity index is 1.84. The number of fused-ring (bicyclic) bond motifs is 1. The number of anilines is 1. The van der Waals surface area contributed by atoms with Crippen LogP contribution >= 0.6 is 11.3 Å². The van der Waals surface area contributed by atoms with Gasteiger partial charge in [-0.3, -0.25) is 4.98 Å². The first-order valence-electron chi connectivity index (χ1n) is 6.09. The van der Waals surface area contributed by atoms with E-state index in [4.69, 9.17) is 0 Å². The number of nitrogens with zero attached hydrogens (tertiary/aromatic N) is 2. The summed E-state index contributed by atoms with van der Waals surface area (Å²) < 4.78 is 27.0. The van der Waals surface area contributed by atoms with Gasteiger partial charge in [-0.05, 0) is 12.1 Å². The van der Waals surface area contributed by atoms with Crippen LogP contribution in [0.5, 0.6) is 0 Å². The van der Waals surface area contributed by atoms with Gasteiger partial charge in [-0.15, -0.1) is 11.3 Å². The number of nitrogens with one attached hydrogen (secondary N) is 1. The molecule has 2 heterocycles. The molecule has 0 bridgehead atoms. The van der Waals surface area contributed by atoms with Crippen molar-refractivity contribution in [3.63, 3.8) is 0 Å². The van der Waals surface area contributed by atoms with Crippen LogP contribution in [0.4, 0.5) is 14.5 Å². The van der Waals surface area contributed by atoms with Gasteiger partial charge in [-0.2, -0.15) is 0 Å². The van der Waals surface area contributed by atoms with Crippen molar-refractivity contribution in [2.75, 3.05) is 11.9 Å². The summed E-state index contributed by atoms with van der Waals surface area (Å²) in [5.74, 6) is -1.26. The predicted molar refractivity (Wildman–Crippen MR) is 76.0 cm³/mol. The van der Waals surface area contributed by atoms with E-state index >= 15 is 0 Å². The summed E-state index contributed by atoms with van der Waals surface area (Å²) in [6, 6.07) is 3.84. The molecule has 2 aromatic heterocycles. The molecule has 6 heteroatoms. The molecule has 20 heavy (non-hydrogen) atoms. The van der Waals surface area contributed by atoms with E-state index in [9.17, 15) is 8.78 Å². The summed E-state index contributed by atoms with van der Waals surface area (Å²) in [7, 11) is 0. The highest BCUT2D eigenvalue weighted by atomic mass is 32.1. The van der Waals surface area contributed by atoms with E-state index in [1.54, 1.807) is 22.9 Å². The van der Waals surface area contributed by atoms with Crippen molar-refractivity contribution >= 4 is 27.9 Å². The van der Waals surface area contributed by atoms with E-state index in [0.29, 0.717) is 17.6 Å². The van der Waals surface area contributed by atoms with Crippen LogP contribution < -0.4 is 5.32 Å². The topological polar surface area (TPSA) is 37.8 Å². The Bertz CT molecular complexity index is 729. The molecule has 1 N–H and O–H groups in total. The number of hydrogen-bond acceptors (Lipinski definition) is 4. The normalized spacial score (nSPS) is 10.9. The van der Waals surface area contributed by atoms with Crippen LogP contribution in [-0.2, 0) is 6.42 Å². The van der Waals surface area contributed by atoms with Gasteiger partial charge in [-0.25, -0.2) is 13.8 Å². The highest BCUT2D eigenvalue weighted by molar-refractivity contribution is 7.07. The summed E-state index contributed by atoms with van der Waals surface area (Å²) in [4.78, 5) is 8.13. The zero-order chi connectivity index (χ0) is 13.9. The van der Waals surface area contributed by atoms with Gasteiger partial charge in [0.15, 0.2) is 5.82 Å². The van der Waals surface area contributed by atoms with Crippen molar-refractivity contribution in [3.8, 4) is 0 Å². The summed E-state index contributed by atoms with van der Waals surface area (Å²) in [5.41, 5.74) is 3.62. The zero-order valence-corrected chi connectivity index (χ0v) is 11.3. The quantitative estimate of drug-likeness (QED) is 0.797. The highest BCUT2D eigenvalue weighted by Crippen LogP contribution is 2.24. The molecule has 102 valence electrons. The molecule has 1 aromatic carbocycles. The number of hydrogen-bond donors (Lipinski definition) is 1. The third kappa shape index (κ3) is 2.60. The standard InChI is InChI=1S/C14H11F2N3S/c15-9-5-11-13(2-4-18-14(11)12(16)6-9)17-3-1-10-7-20-8-19-10/h2,4-8H,1,3H2,(H,17,18). The summed E-state index contributed by atoms with van der Waals surface area (Å²) in [6.07, 6.45) is 2.26. The fraction of sp³-hybridized carbons (Fsp3) is 0.143. The van der Waals surface area contributed by atoms with Crippen molar-refractivity contribution in [2.24, 2.45) is 0 Å². The number of thiazole rings is 1. The largest absolute Gasteiger partial charge is 0.384 e. The van der Waals surface area contributed by atoms with Crippen molar-refractivity contribution in [3.05, 3.63) is 52.6 Å². The Morgan fingerprint density at radius 3 is 2.90 bits per heavy atom. The maximum Gasteiger partial charge on any atom is 0.152 e. The second-order valence-electron chi connectivity index (χ2n) is 4.30. The monoisotopic (exact) mass is 291 g/mol. The van der Waals surface area contributed by atoms with Crippen molar-refractivity contribution < 1.29 is 8.78 Å². The van der Waals surface area contributed by atoms with Gasteiger partial charge in [0.1, 0.15) is 11.3 Å². The molecular formula is C14H11F2N3S. The Hall–Kier alpha value is -2.08. The van der Waals surface area contributed by atoms with Gasteiger partial charge < -0.3 is 5.32 Å². The molecule has 0 aliphatic rings. The second kappa shape index (κ2) is 5.50. The third-order valence-corrected chi connectivity index (χ3v) is 3.58. The first-order chi connectivity index (χ1) is 9.74. The lowest BCUT2D eigenvalue weighted by Crippen LogP contribution is -2.06. The first kappa shape index (κ1) is 12.9. The molecule has 3 rings (SSSR count). The van der Waals surface area contributed by atoms with Crippen molar-refractivity contribution in [2.45, 2.75) is 6.42 Å². The first-order valence-corrected chi connectivity index (χ1v) is 7.03. The van der Waals surface area contributed by atoms with Gasteiger partial charge in [0.05, 0.1) is 11.2 Å². The van der Waals surface area contributed by atoms with Crippen LogP contribution in [-0.4, -0.2) is 16.5 Å².